The van der Waals surface area contributed by atoms with Crippen molar-refractivity contribution in [2.75, 3.05) is 5.32 Å². The van der Waals surface area contributed by atoms with Crippen LogP contribution in [0, 0.1) is 11.8 Å². The van der Waals surface area contributed by atoms with Gasteiger partial charge in [-0.05, 0) is 24.5 Å². The van der Waals surface area contributed by atoms with Crippen LogP contribution < -0.4 is 5.32 Å². The molecule has 0 radical (unpaired) electrons. The highest BCUT2D eigenvalue weighted by molar-refractivity contribution is 6.00. The van der Waals surface area contributed by atoms with Crippen molar-refractivity contribution in [2.24, 2.45) is 18.9 Å². The molecule has 0 spiro atoms. The molecule has 1 amide bonds. The van der Waals surface area contributed by atoms with Gasteiger partial charge in [0.2, 0.25) is 5.91 Å². The summed E-state index contributed by atoms with van der Waals surface area (Å²) >= 11 is 0. The van der Waals surface area contributed by atoms with Gasteiger partial charge in [0.15, 0.2) is 0 Å². The molecule has 2 aromatic rings. The molecule has 6 heteroatoms. The lowest BCUT2D eigenvalue weighted by molar-refractivity contribution is -0.138. The first kappa shape index (κ1) is 15.0. The maximum atomic E-state index is 11.4. The summed E-state index contributed by atoms with van der Waals surface area (Å²) in [5.41, 5.74) is 2.34. The van der Waals surface area contributed by atoms with Crippen LogP contribution >= 0.6 is 0 Å². The molecule has 23 heavy (non-hydrogen) atoms. The summed E-state index contributed by atoms with van der Waals surface area (Å²) in [6.07, 6.45) is 9.29. The van der Waals surface area contributed by atoms with Crippen molar-refractivity contribution in [3.8, 4) is 0 Å². The van der Waals surface area contributed by atoms with Crippen molar-refractivity contribution in [1.82, 2.24) is 9.55 Å². The Morgan fingerprint density at radius 1 is 1.52 bits per heavy atom. The van der Waals surface area contributed by atoms with Crippen LogP contribution in [0.25, 0.3) is 17.1 Å². The Bertz CT molecular complexity index is 835. The number of aromatic nitrogens is 2. The smallest absolute Gasteiger partial charge is 0.307 e. The molecule has 0 aliphatic heterocycles. The summed E-state index contributed by atoms with van der Waals surface area (Å²) in [6.45, 7) is 3.42. The van der Waals surface area contributed by atoms with E-state index in [0.29, 0.717) is 12.1 Å². The number of rotatable bonds is 5. The molecular weight excluding hydrogens is 294 g/mol. The number of aryl methyl sites for hydroxylation is 1. The number of aliphatic carboxylic acids is 1. The maximum Gasteiger partial charge on any atom is 0.307 e. The predicted octanol–water partition coefficient (Wildman–Crippen LogP) is 2.43. The first-order valence-corrected chi connectivity index (χ1v) is 7.29. The number of allylic oxidation sites excluding steroid dienone is 1. The topological polar surface area (TPSA) is 84.2 Å². The van der Waals surface area contributed by atoms with Crippen molar-refractivity contribution in [3.05, 3.63) is 42.8 Å². The van der Waals surface area contributed by atoms with Crippen molar-refractivity contribution in [3.63, 3.8) is 0 Å². The van der Waals surface area contributed by atoms with Gasteiger partial charge in [-0.1, -0.05) is 18.7 Å². The number of hydrogen-bond acceptors (Lipinski definition) is 3. The second-order valence-electron chi connectivity index (χ2n) is 5.69. The second-order valence-corrected chi connectivity index (χ2v) is 5.69. The van der Waals surface area contributed by atoms with Crippen molar-refractivity contribution >= 4 is 34.7 Å². The normalized spacial score (nSPS) is 19.9. The molecule has 118 valence electrons. The highest BCUT2D eigenvalue weighted by atomic mass is 16.4. The molecule has 1 aliphatic rings. The minimum absolute atomic E-state index is 0.0966. The fourth-order valence-electron chi connectivity index (χ4n) is 2.62. The fraction of sp³-hybridized carbons (Fsp3) is 0.235. The summed E-state index contributed by atoms with van der Waals surface area (Å²) in [6, 6.07) is 1.85. The second kappa shape index (κ2) is 5.72. The number of fused-ring (bicyclic) bond motifs is 1. The van der Waals surface area contributed by atoms with E-state index in [-0.39, 0.29) is 17.7 Å². The van der Waals surface area contributed by atoms with Crippen LogP contribution in [0.5, 0.6) is 0 Å². The Morgan fingerprint density at radius 2 is 2.30 bits per heavy atom. The minimum Gasteiger partial charge on any atom is -0.481 e. The molecule has 1 saturated carbocycles. The SMILES string of the molecule is C=CC(=O)Nc1cnc2c(c1)c(C=CC1CC1C(=O)O)cn2C. The van der Waals surface area contributed by atoms with Crippen molar-refractivity contribution in [2.45, 2.75) is 6.42 Å². The van der Waals surface area contributed by atoms with Crippen LogP contribution in [-0.4, -0.2) is 26.5 Å². The Hall–Kier alpha value is -2.89. The van der Waals surface area contributed by atoms with E-state index in [0.717, 1.165) is 16.6 Å². The lowest BCUT2D eigenvalue weighted by atomic mass is 10.1. The standard InChI is InChI=1S/C17H17N3O3/c1-3-15(21)19-12-7-13-11(9-20(2)16(13)18-8-12)5-4-10-6-14(10)17(22)23/h3-5,7-10,14H,1,6H2,2H3,(H,19,21)(H,22,23). The average molecular weight is 311 g/mol. The predicted molar refractivity (Wildman–Crippen MR) is 87.8 cm³/mol. The van der Waals surface area contributed by atoms with E-state index >= 15 is 0 Å². The van der Waals surface area contributed by atoms with Gasteiger partial charge < -0.3 is 15.0 Å². The van der Waals surface area contributed by atoms with E-state index in [1.165, 1.54) is 6.08 Å². The molecule has 2 N–H and O–H groups in total. The summed E-state index contributed by atoms with van der Waals surface area (Å²) < 4.78 is 1.90. The highest BCUT2D eigenvalue weighted by Gasteiger charge is 2.41. The molecule has 1 aliphatic carbocycles. The number of amides is 1. The van der Waals surface area contributed by atoms with E-state index in [1.807, 2.05) is 36.0 Å². The molecule has 0 aromatic carbocycles. The Balaban J connectivity index is 1.89. The number of pyridine rings is 1. The first-order valence-electron chi connectivity index (χ1n) is 7.29. The minimum atomic E-state index is -0.742. The zero-order valence-corrected chi connectivity index (χ0v) is 12.7. The Labute approximate surface area is 133 Å². The average Bonchev–Trinajstić information content (AvgIpc) is 3.24. The van der Waals surface area contributed by atoms with Gasteiger partial charge in [0.1, 0.15) is 5.65 Å². The summed E-state index contributed by atoms with van der Waals surface area (Å²) in [5, 5.41) is 12.5. The molecule has 0 bridgehead atoms. The largest absolute Gasteiger partial charge is 0.481 e. The van der Waals surface area contributed by atoms with Crippen LogP contribution in [-0.2, 0) is 16.6 Å². The van der Waals surface area contributed by atoms with E-state index in [1.54, 1.807) is 6.20 Å². The quantitative estimate of drug-likeness (QED) is 0.831. The molecule has 0 saturated heterocycles. The fourth-order valence-corrected chi connectivity index (χ4v) is 2.62. The van der Waals surface area contributed by atoms with Crippen LogP contribution in [0.4, 0.5) is 5.69 Å². The number of carbonyl (C=O) groups is 2. The molecule has 3 rings (SSSR count). The van der Waals surface area contributed by atoms with Gasteiger partial charge in [-0.15, -0.1) is 0 Å². The summed E-state index contributed by atoms with van der Waals surface area (Å²) in [4.78, 5) is 26.6. The van der Waals surface area contributed by atoms with E-state index in [2.05, 4.69) is 16.9 Å². The zero-order chi connectivity index (χ0) is 16.6. The molecule has 2 aromatic heterocycles. The van der Waals surface area contributed by atoms with Crippen LogP contribution in [0.3, 0.4) is 0 Å². The number of anilines is 1. The van der Waals surface area contributed by atoms with E-state index in [9.17, 15) is 9.59 Å². The number of hydrogen-bond donors (Lipinski definition) is 2. The number of carboxylic acid groups (broad SMARTS) is 1. The van der Waals surface area contributed by atoms with Crippen molar-refractivity contribution < 1.29 is 14.7 Å². The lowest BCUT2D eigenvalue weighted by Gasteiger charge is -2.02. The third-order valence-electron chi connectivity index (χ3n) is 3.98. The molecule has 2 heterocycles. The van der Waals surface area contributed by atoms with Crippen LogP contribution in [0.1, 0.15) is 12.0 Å². The van der Waals surface area contributed by atoms with E-state index < -0.39 is 5.97 Å². The molecule has 6 nitrogen and oxygen atoms in total. The molecule has 1 fully saturated rings. The van der Waals surface area contributed by atoms with Crippen LogP contribution in [0.15, 0.2) is 37.2 Å². The van der Waals surface area contributed by atoms with Crippen LogP contribution in [0.2, 0.25) is 0 Å². The molecule has 2 unspecified atom stereocenters. The maximum absolute atomic E-state index is 11.4. The van der Waals surface area contributed by atoms with Gasteiger partial charge in [-0.25, -0.2) is 4.98 Å². The highest BCUT2D eigenvalue weighted by Crippen LogP contribution is 2.40. The zero-order valence-electron chi connectivity index (χ0n) is 12.7. The monoisotopic (exact) mass is 311 g/mol. The third-order valence-corrected chi connectivity index (χ3v) is 3.98. The van der Waals surface area contributed by atoms with Gasteiger partial charge in [0.25, 0.3) is 0 Å². The van der Waals surface area contributed by atoms with Gasteiger partial charge in [0.05, 0.1) is 17.8 Å². The lowest BCUT2D eigenvalue weighted by Crippen LogP contribution is -2.07. The number of nitrogens with one attached hydrogen (secondary N) is 1. The van der Waals surface area contributed by atoms with Crippen molar-refractivity contribution in [1.29, 1.82) is 0 Å². The van der Waals surface area contributed by atoms with Gasteiger partial charge >= 0.3 is 5.97 Å². The first-order chi connectivity index (χ1) is 11.0. The third kappa shape index (κ3) is 3.01. The van der Waals surface area contributed by atoms with Gasteiger partial charge in [-0.2, -0.15) is 0 Å². The molecule has 2 atom stereocenters. The van der Waals surface area contributed by atoms with E-state index in [4.69, 9.17) is 5.11 Å². The number of nitrogens with zero attached hydrogens (tertiary/aromatic N) is 2. The van der Waals surface area contributed by atoms with Gasteiger partial charge in [0, 0.05) is 24.2 Å². The molecular formula is C17H17N3O3. The summed E-state index contributed by atoms with van der Waals surface area (Å²) in [7, 11) is 1.89. The Morgan fingerprint density at radius 3 is 2.96 bits per heavy atom. The Kier molecular flexibility index (Phi) is 3.73. The number of carbonyl (C=O) groups excluding carboxylic acids is 1. The summed E-state index contributed by atoms with van der Waals surface area (Å²) in [5.74, 6) is -1.20. The van der Waals surface area contributed by atoms with Gasteiger partial charge in [-0.3, -0.25) is 9.59 Å². The number of carboxylic acids is 1.